The van der Waals surface area contributed by atoms with E-state index in [1.165, 1.54) is 0 Å². The van der Waals surface area contributed by atoms with Gasteiger partial charge in [-0.3, -0.25) is 4.79 Å². The lowest BCUT2D eigenvalue weighted by Gasteiger charge is -2.44. The highest BCUT2D eigenvalue weighted by Gasteiger charge is 2.50. The summed E-state index contributed by atoms with van der Waals surface area (Å²) in [5, 5.41) is 0. The highest BCUT2D eigenvalue weighted by Crippen LogP contribution is 2.42. The average molecular weight is 346 g/mol. The molecule has 136 valence electrons. The minimum absolute atomic E-state index is 0.275. The van der Waals surface area contributed by atoms with Crippen LogP contribution in [0.25, 0.3) is 0 Å². The largest absolute Gasteiger partial charge is 0.481 e. The Labute approximate surface area is 148 Å². The summed E-state index contributed by atoms with van der Waals surface area (Å²) in [6.45, 7) is 3.95. The molecule has 3 saturated heterocycles. The Morgan fingerprint density at radius 3 is 2.92 bits per heavy atom. The molecule has 0 bridgehead atoms. The van der Waals surface area contributed by atoms with E-state index < -0.39 is 0 Å². The Bertz CT molecular complexity index is 635. The number of nitrogens with zero attached hydrogens (tertiary/aromatic N) is 4. The highest BCUT2D eigenvalue weighted by molar-refractivity contribution is 5.85. The molecule has 1 amide bonds. The third kappa shape index (κ3) is 3.05. The number of hydrogen-bond donors (Lipinski definition) is 0. The Balaban J connectivity index is 1.50. The molecule has 3 aliphatic heterocycles. The lowest BCUT2D eigenvalue weighted by Crippen LogP contribution is -2.54. The van der Waals surface area contributed by atoms with Crippen LogP contribution >= 0.6 is 0 Å². The van der Waals surface area contributed by atoms with Crippen LogP contribution in [0.2, 0.25) is 0 Å². The SMILES string of the molecule is COc1ccnc(N2CC[C@]3(CCCN(C4CCOCC4)C3=O)C2)n1. The number of ether oxygens (including phenoxy) is 2. The maximum Gasteiger partial charge on any atom is 0.230 e. The van der Waals surface area contributed by atoms with Gasteiger partial charge in [0.1, 0.15) is 0 Å². The minimum Gasteiger partial charge on any atom is -0.481 e. The first-order valence-electron chi connectivity index (χ1n) is 9.23. The van der Waals surface area contributed by atoms with Crippen molar-refractivity contribution in [1.82, 2.24) is 14.9 Å². The van der Waals surface area contributed by atoms with Gasteiger partial charge in [-0.2, -0.15) is 4.98 Å². The molecule has 0 saturated carbocycles. The van der Waals surface area contributed by atoms with Crippen molar-refractivity contribution in [2.24, 2.45) is 5.41 Å². The van der Waals surface area contributed by atoms with Gasteiger partial charge >= 0.3 is 0 Å². The van der Waals surface area contributed by atoms with Crippen LogP contribution in [-0.2, 0) is 9.53 Å². The van der Waals surface area contributed by atoms with Crippen molar-refractivity contribution >= 4 is 11.9 Å². The lowest BCUT2D eigenvalue weighted by atomic mass is 9.77. The molecule has 4 heterocycles. The minimum atomic E-state index is -0.275. The first kappa shape index (κ1) is 16.6. The molecular weight excluding hydrogens is 320 g/mol. The van der Waals surface area contributed by atoms with Crippen molar-refractivity contribution < 1.29 is 14.3 Å². The predicted octanol–water partition coefficient (Wildman–Crippen LogP) is 1.48. The van der Waals surface area contributed by atoms with Crippen molar-refractivity contribution in [2.75, 3.05) is 44.9 Å². The molecule has 1 atom stereocenters. The van der Waals surface area contributed by atoms with Crippen molar-refractivity contribution in [2.45, 2.75) is 38.1 Å². The summed E-state index contributed by atoms with van der Waals surface area (Å²) in [4.78, 5) is 26.4. The molecule has 0 radical (unpaired) electrons. The maximum atomic E-state index is 13.3. The number of carbonyl (C=O) groups excluding carboxylic acids is 1. The van der Waals surface area contributed by atoms with Crippen LogP contribution in [0, 0.1) is 5.41 Å². The number of rotatable bonds is 3. The summed E-state index contributed by atoms with van der Waals surface area (Å²) in [5.41, 5.74) is -0.275. The zero-order valence-corrected chi connectivity index (χ0v) is 14.8. The second-order valence-electron chi connectivity index (χ2n) is 7.30. The summed E-state index contributed by atoms with van der Waals surface area (Å²) < 4.78 is 10.7. The van der Waals surface area contributed by atoms with Crippen LogP contribution in [-0.4, -0.2) is 66.8 Å². The van der Waals surface area contributed by atoms with Gasteiger partial charge in [-0.25, -0.2) is 4.98 Å². The zero-order chi connectivity index (χ0) is 17.3. The van der Waals surface area contributed by atoms with Crippen LogP contribution in [0.3, 0.4) is 0 Å². The fourth-order valence-electron chi connectivity index (χ4n) is 4.47. The number of aromatic nitrogens is 2. The first-order valence-corrected chi connectivity index (χ1v) is 9.23. The van der Waals surface area contributed by atoms with Gasteiger partial charge in [0.2, 0.25) is 17.7 Å². The van der Waals surface area contributed by atoms with Crippen LogP contribution in [0.1, 0.15) is 32.1 Å². The molecule has 3 aliphatic rings. The summed E-state index contributed by atoms with van der Waals surface area (Å²) in [6.07, 6.45) is 6.56. The Hall–Kier alpha value is -1.89. The Kier molecular flexibility index (Phi) is 4.50. The fraction of sp³-hybridized carbons (Fsp3) is 0.722. The zero-order valence-electron chi connectivity index (χ0n) is 14.8. The Morgan fingerprint density at radius 1 is 1.28 bits per heavy atom. The van der Waals surface area contributed by atoms with E-state index in [9.17, 15) is 4.79 Å². The van der Waals surface area contributed by atoms with Gasteiger partial charge in [0.15, 0.2) is 0 Å². The van der Waals surface area contributed by atoms with Crippen LogP contribution < -0.4 is 9.64 Å². The van der Waals surface area contributed by atoms with Crippen LogP contribution in [0.4, 0.5) is 5.95 Å². The van der Waals surface area contributed by atoms with E-state index in [0.717, 1.165) is 58.4 Å². The monoisotopic (exact) mass is 346 g/mol. The van der Waals surface area contributed by atoms with Gasteiger partial charge in [-0.15, -0.1) is 0 Å². The molecule has 0 aromatic carbocycles. The van der Waals surface area contributed by atoms with E-state index in [-0.39, 0.29) is 5.41 Å². The van der Waals surface area contributed by atoms with E-state index in [1.54, 1.807) is 19.4 Å². The van der Waals surface area contributed by atoms with Gasteiger partial charge < -0.3 is 19.3 Å². The molecule has 7 heteroatoms. The van der Waals surface area contributed by atoms with E-state index in [2.05, 4.69) is 19.8 Å². The number of carbonyl (C=O) groups is 1. The Morgan fingerprint density at radius 2 is 2.12 bits per heavy atom. The number of hydrogen-bond acceptors (Lipinski definition) is 6. The van der Waals surface area contributed by atoms with E-state index in [4.69, 9.17) is 9.47 Å². The summed E-state index contributed by atoms with van der Waals surface area (Å²) in [6, 6.07) is 2.09. The summed E-state index contributed by atoms with van der Waals surface area (Å²) >= 11 is 0. The third-order valence-corrected chi connectivity index (χ3v) is 5.86. The lowest BCUT2D eigenvalue weighted by molar-refractivity contribution is -0.149. The van der Waals surface area contributed by atoms with E-state index in [0.29, 0.717) is 30.3 Å². The van der Waals surface area contributed by atoms with Crippen LogP contribution in [0.5, 0.6) is 5.88 Å². The molecule has 3 fully saturated rings. The van der Waals surface area contributed by atoms with Crippen molar-refractivity contribution in [1.29, 1.82) is 0 Å². The second kappa shape index (κ2) is 6.78. The standard InChI is InChI=1S/C18H26N4O3/c1-24-15-3-8-19-17(20-15)21-10-7-18(13-21)6-2-9-22(16(18)23)14-4-11-25-12-5-14/h3,8,14H,2,4-7,9-13H2,1H3/t18-/m1/s1. The normalized spacial score (nSPS) is 28.0. The van der Waals surface area contributed by atoms with Crippen molar-refractivity contribution in [3.8, 4) is 5.88 Å². The number of piperidine rings is 1. The maximum absolute atomic E-state index is 13.3. The predicted molar refractivity (Wildman–Crippen MR) is 92.6 cm³/mol. The third-order valence-electron chi connectivity index (χ3n) is 5.86. The topological polar surface area (TPSA) is 67.8 Å². The van der Waals surface area contributed by atoms with Crippen molar-refractivity contribution in [3.05, 3.63) is 12.3 Å². The van der Waals surface area contributed by atoms with Gasteiger partial charge in [-0.1, -0.05) is 0 Å². The van der Waals surface area contributed by atoms with Crippen molar-refractivity contribution in [3.63, 3.8) is 0 Å². The van der Waals surface area contributed by atoms with E-state index >= 15 is 0 Å². The quantitative estimate of drug-likeness (QED) is 0.826. The molecular formula is C18H26N4O3. The number of anilines is 1. The molecule has 1 aromatic heterocycles. The van der Waals surface area contributed by atoms with Gasteiger partial charge in [-0.05, 0) is 32.1 Å². The molecule has 0 N–H and O–H groups in total. The number of likely N-dealkylation sites (tertiary alicyclic amines) is 1. The van der Waals surface area contributed by atoms with E-state index in [1.807, 2.05) is 0 Å². The fourth-order valence-corrected chi connectivity index (χ4v) is 4.47. The molecule has 0 unspecified atom stereocenters. The molecule has 4 rings (SSSR count). The number of methoxy groups -OCH3 is 1. The average Bonchev–Trinajstić information content (AvgIpc) is 3.10. The molecule has 0 aliphatic carbocycles. The van der Waals surface area contributed by atoms with Gasteiger partial charge in [0, 0.05) is 51.2 Å². The molecule has 1 aromatic rings. The smallest absolute Gasteiger partial charge is 0.230 e. The van der Waals surface area contributed by atoms with Crippen LogP contribution in [0.15, 0.2) is 12.3 Å². The second-order valence-corrected chi connectivity index (χ2v) is 7.30. The molecule has 7 nitrogen and oxygen atoms in total. The molecule has 25 heavy (non-hydrogen) atoms. The highest BCUT2D eigenvalue weighted by atomic mass is 16.5. The first-order chi connectivity index (χ1) is 12.2. The number of amides is 1. The molecule has 1 spiro atoms. The summed E-state index contributed by atoms with van der Waals surface area (Å²) in [5.74, 6) is 1.55. The van der Waals surface area contributed by atoms with Gasteiger partial charge in [0.05, 0.1) is 12.5 Å². The summed E-state index contributed by atoms with van der Waals surface area (Å²) in [7, 11) is 1.61. The van der Waals surface area contributed by atoms with Gasteiger partial charge in [0.25, 0.3) is 0 Å².